The molecule has 2 heterocycles. The lowest BCUT2D eigenvalue weighted by Crippen LogP contribution is -2.54. The Morgan fingerprint density at radius 1 is 1.03 bits per heavy atom. The fourth-order valence-electron chi connectivity index (χ4n) is 4.24. The summed E-state index contributed by atoms with van der Waals surface area (Å²) in [5.41, 5.74) is 5.08. The van der Waals surface area contributed by atoms with E-state index in [1.165, 1.54) is 50.2 Å². The van der Waals surface area contributed by atoms with Crippen molar-refractivity contribution in [1.82, 2.24) is 4.98 Å². The van der Waals surface area contributed by atoms with Gasteiger partial charge in [0.15, 0.2) is 20.4 Å². The van der Waals surface area contributed by atoms with E-state index in [2.05, 4.69) is 9.98 Å². The van der Waals surface area contributed by atoms with E-state index < -0.39 is 49.1 Å². The number of Topliss-reactive ketones (excluding diaryl/α,β-unsaturated/α-hetero) is 1. The maximum atomic E-state index is 15.0. The Bertz CT molecular complexity index is 1460. The van der Waals surface area contributed by atoms with Gasteiger partial charge in [-0.3, -0.25) is 14.8 Å². The number of carbonyl (C=O) groups excluding carboxylic acids is 1. The molecule has 1 aliphatic rings. The van der Waals surface area contributed by atoms with Crippen molar-refractivity contribution in [3.8, 4) is 0 Å². The molecule has 2 N–H and O–H groups in total. The molecule has 2 aromatic carbocycles. The monoisotopic (exact) mass is 501 g/mol. The quantitative estimate of drug-likeness (QED) is 0.535. The van der Waals surface area contributed by atoms with Crippen LogP contribution in [0.5, 0.6) is 0 Å². The summed E-state index contributed by atoms with van der Waals surface area (Å²) in [6.07, 6.45) is 0.749. The molecule has 0 unspecified atom stereocenters. The van der Waals surface area contributed by atoms with Gasteiger partial charge in [-0.2, -0.15) is 0 Å². The van der Waals surface area contributed by atoms with Gasteiger partial charge >= 0.3 is 0 Å². The first kappa shape index (κ1) is 24.6. The Labute approximate surface area is 200 Å². The van der Waals surface area contributed by atoms with Crippen LogP contribution in [0.4, 0.5) is 13.2 Å². The summed E-state index contributed by atoms with van der Waals surface area (Å²) in [5, 5.41) is 0. The zero-order chi connectivity index (χ0) is 25.6. The fourth-order valence-corrected chi connectivity index (χ4v) is 6.34. The summed E-state index contributed by atoms with van der Waals surface area (Å²) in [5.74, 6) is -3.25. The van der Waals surface area contributed by atoms with Crippen molar-refractivity contribution in [3.05, 3.63) is 101 Å². The SMILES string of the molecule is C[C@@]1(c2cccc(F)c2)C(N)=N[C@](C)(c2cc(CC(=O)c3ccc(F)cn3)ccc2F)CS1(=O)=O. The van der Waals surface area contributed by atoms with Gasteiger partial charge in [0.1, 0.15) is 34.5 Å². The van der Waals surface area contributed by atoms with Crippen molar-refractivity contribution in [3.63, 3.8) is 0 Å². The van der Waals surface area contributed by atoms with Crippen molar-refractivity contribution in [1.29, 1.82) is 0 Å². The lowest BCUT2D eigenvalue weighted by Gasteiger charge is -2.40. The number of hydrogen-bond acceptors (Lipinski definition) is 6. The third-order valence-corrected chi connectivity index (χ3v) is 8.94. The maximum absolute atomic E-state index is 15.0. The maximum Gasteiger partial charge on any atom is 0.185 e. The van der Waals surface area contributed by atoms with Crippen LogP contribution in [0.2, 0.25) is 0 Å². The number of carbonyl (C=O) groups is 1. The lowest BCUT2D eigenvalue weighted by atomic mass is 9.90. The topological polar surface area (TPSA) is 102 Å². The third-order valence-electron chi connectivity index (χ3n) is 6.31. The van der Waals surface area contributed by atoms with E-state index in [1.807, 2.05) is 0 Å². The molecular formula is C25H22F3N3O3S. The van der Waals surface area contributed by atoms with Gasteiger partial charge in [0.05, 0.1) is 11.9 Å². The summed E-state index contributed by atoms with van der Waals surface area (Å²) < 4.78 is 67.1. The van der Waals surface area contributed by atoms with Crippen LogP contribution in [0, 0.1) is 17.5 Å². The molecule has 0 spiro atoms. The highest BCUT2D eigenvalue weighted by Gasteiger charge is 2.53. The molecule has 0 bridgehead atoms. The van der Waals surface area contributed by atoms with Crippen LogP contribution < -0.4 is 5.73 Å². The molecule has 35 heavy (non-hydrogen) atoms. The van der Waals surface area contributed by atoms with Crippen LogP contribution in [-0.4, -0.2) is 30.8 Å². The Balaban J connectivity index is 1.74. The van der Waals surface area contributed by atoms with Crippen LogP contribution in [-0.2, 0) is 26.5 Å². The summed E-state index contributed by atoms with van der Waals surface area (Å²) in [7, 11) is -4.10. The Kier molecular flexibility index (Phi) is 6.04. The second kappa shape index (κ2) is 8.60. The molecule has 1 aromatic heterocycles. The molecular weight excluding hydrogens is 479 g/mol. The molecule has 182 valence electrons. The Morgan fingerprint density at radius 3 is 2.40 bits per heavy atom. The van der Waals surface area contributed by atoms with Gasteiger partial charge < -0.3 is 5.73 Å². The number of aromatic nitrogens is 1. The molecule has 4 rings (SSSR count). The molecule has 10 heteroatoms. The van der Waals surface area contributed by atoms with Gasteiger partial charge in [0, 0.05) is 12.0 Å². The van der Waals surface area contributed by atoms with Crippen molar-refractivity contribution in [2.45, 2.75) is 30.6 Å². The summed E-state index contributed by atoms with van der Waals surface area (Å²) in [4.78, 5) is 20.7. The van der Waals surface area contributed by atoms with Crippen LogP contribution in [0.25, 0.3) is 0 Å². The first-order valence-electron chi connectivity index (χ1n) is 10.6. The number of benzene rings is 2. The van der Waals surface area contributed by atoms with Crippen molar-refractivity contribution < 1.29 is 26.4 Å². The number of nitrogens with two attached hydrogens (primary N) is 1. The number of amidine groups is 1. The van der Waals surface area contributed by atoms with Crippen LogP contribution in [0.3, 0.4) is 0 Å². The van der Waals surface area contributed by atoms with Gasteiger partial charge in [-0.05, 0) is 61.4 Å². The van der Waals surface area contributed by atoms with Gasteiger partial charge in [-0.1, -0.05) is 18.2 Å². The molecule has 3 aromatic rings. The number of sulfone groups is 1. The first-order chi connectivity index (χ1) is 16.4. The number of halogens is 3. The van der Waals surface area contributed by atoms with Crippen LogP contribution >= 0.6 is 0 Å². The highest BCUT2D eigenvalue weighted by Crippen LogP contribution is 2.43. The van der Waals surface area contributed by atoms with Crippen LogP contribution in [0.1, 0.15) is 41.0 Å². The van der Waals surface area contributed by atoms with Gasteiger partial charge in [-0.15, -0.1) is 0 Å². The summed E-state index contributed by atoms with van der Waals surface area (Å²) in [6.45, 7) is 2.78. The zero-order valence-corrected chi connectivity index (χ0v) is 19.7. The first-order valence-corrected chi connectivity index (χ1v) is 12.3. The minimum Gasteiger partial charge on any atom is -0.386 e. The van der Waals surface area contributed by atoms with Gasteiger partial charge in [0.2, 0.25) is 0 Å². The zero-order valence-electron chi connectivity index (χ0n) is 18.9. The average Bonchev–Trinajstić information content (AvgIpc) is 2.78. The largest absolute Gasteiger partial charge is 0.386 e. The molecule has 0 aliphatic carbocycles. The highest BCUT2D eigenvalue weighted by molar-refractivity contribution is 7.93. The highest BCUT2D eigenvalue weighted by atomic mass is 32.2. The van der Waals surface area contributed by atoms with Gasteiger partial charge in [-0.25, -0.2) is 21.6 Å². The molecule has 0 saturated heterocycles. The normalized spacial score (nSPS) is 23.5. The molecule has 0 fully saturated rings. The number of ketones is 1. The lowest BCUT2D eigenvalue weighted by molar-refractivity contribution is 0.0988. The molecule has 2 atom stereocenters. The number of rotatable bonds is 5. The Hall–Kier alpha value is -3.53. The molecule has 1 aliphatic heterocycles. The van der Waals surface area contributed by atoms with E-state index in [9.17, 15) is 26.4 Å². The van der Waals surface area contributed by atoms with E-state index in [-0.39, 0.29) is 29.1 Å². The van der Waals surface area contributed by atoms with Crippen molar-refractivity contribution in [2.75, 3.05) is 5.75 Å². The van der Waals surface area contributed by atoms with Crippen LogP contribution in [0.15, 0.2) is 65.8 Å². The number of nitrogens with zero attached hydrogens (tertiary/aromatic N) is 2. The minimum atomic E-state index is -4.10. The molecule has 6 nitrogen and oxygen atoms in total. The molecule has 0 radical (unpaired) electrons. The predicted molar refractivity (Wildman–Crippen MR) is 125 cm³/mol. The standard InChI is InChI=1S/C25H22F3N3O3S/c1-24(14-35(33,34)25(2,23(29)31-24)16-4-3-5-17(26)12-16)19-10-15(6-8-20(19)28)11-22(32)21-9-7-18(27)13-30-21/h3-10,12-13H,11,14H2,1-2H3,(H2,29,31)/t24-,25+/m0/s1. The van der Waals surface area contributed by atoms with Gasteiger partial charge in [0.25, 0.3) is 0 Å². The smallest absolute Gasteiger partial charge is 0.185 e. The van der Waals surface area contributed by atoms with E-state index in [0.717, 1.165) is 24.4 Å². The average molecular weight is 502 g/mol. The summed E-state index contributed by atoms with van der Waals surface area (Å²) >= 11 is 0. The Morgan fingerprint density at radius 2 is 1.77 bits per heavy atom. The third kappa shape index (κ3) is 4.34. The number of pyridine rings is 1. The van der Waals surface area contributed by atoms with E-state index in [1.54, 1.807) is 0 Å². The van der Waals surface area contributed by atoms with E-state index >= 15 is 0 Å². The van der Waals surface area contributed by atoms with Crippen molar-refractivity contribution in [2.24, 2.45) is 10.7 Å². The minimum absolute atomic E-state index is 0.0388. The molecule has 0 amide bonds. The van der Waals surface area contributed by atoms with E-state index in [0.29, 0.717) is 5.56 Å². The fraction of sp³-hybridized carbons (Fsp3) is 0.240. The summed E-state index contributed by atoms with van der Waals surface area (Å²) in [6, 6.07) is 11.3. The number of aliphatic imine (C=N–C) groups is 1. The second-order valence-electron chi connectivity index (χ2n) is 8.85. The van der Waals surface area contributed by atoms with E-state index in [4.69, 9.17) is 5.73 Å². The van der Waals surface area contributed by atoms with Crippen molar-refractivity contribution >= 4 is 21.5 Å². The predicted octanol–water partition coefficient (Wildman–Crippen LogP) is 3.84. The second-order valence-corrected chi connectivity index (χ2v) is 11.2. The molecule has 0 saturated carbocycles. The number of hydrogen-bond donors (Lipinski definition) is 1.